The average Bonchev–Trinajstić information content (AvgIpc) is 2.78. The summed E-state index contributed by atoms with van der Waals surface area (Å²) < 4.78 is 0. The van der Waals surface area contributed by atoms with Gasteiger partial charge in [0.25, 0.3) is 5.91 Å². The van der Waals surface area contributed by atoms with Gasteiger partial charge >= 0.3 is 6.03 Å². The monoisotopic (exact) mass is 343 g/mol. The van der Waals surface area contributed by atoms with Crippen LogP contribution in [0, 0.1) is 19.8 Å². The van der Waals surface area contributed by atoms with Crippen LogP contribution in [0.5, 0.6) is 0 Å². The average molecular weight is 343 g/mol. The molecule has 0 radical (unpaired) electrons. The lowest BCUT2D eigenvalue weighted by Gasteiger charge is -2.36. The SMILES string of the molecule is Cc1ccc(NC(=O)CN2C(=O)N[C@]3(CCCC[C@H]3C)C2=O)c(C)c1. The van der Waals surface area contributed by atoms with Gasteiger partial charge in [0.2, 0.25) is 5.91 Å². The fraction of sp³-hybridized carbons (Fsp3) is 0.526. The Labute approximate surface area is 148 Å². The maximum absolute atomic E-state index is 12.9. The molecule has 1 aromatic rings. The normalized spacial score (nSPS) is 26.0. The minimum atomic E-state index is -0.824. The zero-order chi connectivity index (χ0) is 18.2. The third-order valence-electron chi connectivity index (χ3n) is 5.46. The van der Waals surface area contributed by atoms with Gasteiger partial charge in [-0.2, -0.15) is 0 Å². The number of nitrogens with one attached hydrogen (secondary N) is 2. The number of anilines is 1. The molecule has 1 aromatic carbocycles. The first-order chi connectivity index (χ1) is 11.8. The quantitative estimate of drug-likeness (QED) is 0.828. The van der Waals surface area contributed by atoms with Crippen LogP contribution in [0.15, 0.2) is 18.2 Å². The van der Waals surface area contributed by atoms with Crippen molar-refractivity contribution in [2.75, 3.05) is 11.9 Å². The second-order valence-electron chi connectivity index (χ2n) is 7.31. The van der Waals surface area contributed by atoms with Crippen LogP contribution in [0.4, 0.5) is 10.5 Å². The Bertz CT molecular complexity index is 731. The number of benzene rings is 1. The third kappa shape index (κ3) is 3.13. The summed E-state index contributed by atoms with van der Waals surface area (Å²) >= 11 is 0. The molecule has 1 saturated carbocycles. The molecule has 1 aliphatic carbocycles. The van der Waals surface area contributed by atoms with Gasteiger partial charge in [-0.05, 0) is 44.2 Å². The number of aryl methyl sites for hydroxylation is 2. The number of nitrogens with zero attached hydrogens (tertiary/aromatic N) is 1. The molecule has 1 saturated heterocycles. The maximum atomic E-state index is 12.9. The first-order valence-corrected chi connectivity index (χ1v) is 8.85. The number of imide groups is 1. The van der Waals surface area contributed by atoms with E-state index in [1.54, 1.807) is 0 Å². The van der Waals surface area contributed by atoms with Crippen molar-refractivity contribution in [2.24, 2.45) is 5.92 Å². The molecule has 6 nitrogen and oxygen atoms in total. The predicted molar refractivity (Wildman–Crippen MR) is 95.2 cm³/mol. The van der Waals surface area contributed by atoms with Crippen molar-refractivity contribution < 1.29 is 14.4 Å². The van der Waals surface area contributed by atoms with E-state index in [0.29, 0.717) is 12.1 Å². The van der Waals surface area contributed by atoms with Gasteiger partial charge in [-0.15, -0.1) is 0 Å². The van der Waals surface area contributed by atoms with Crippen molar-refractivity contribution in [3.8, 4) is 0 Å². The highest BCUT2D eigenvalue weighted by atomic mass is 16.2. The summed E-state index contributed by atoms with van der Waals surface area (Å²) in [6.07, 6.45) is 3.54. The van der Waals surface area contributed by atoms with Gasteiger partial charge in [0.05, 0.1) is 0 Å². The molecule has 0 unspecified atom stereocenters. The molecule has 2 atom stereocenters. The lowest BCUT2D eigenvalue weighted by Crippen LogP contribution is -2.54. The van der Waals surface area contributed by atoms with Crippen LogP contribution < -0.4 is 10.6 Å². The smallest absolute Gasteiger partial charge is 0.324 e. The van der Waals surface area contributed by atoms with E-state index in [-0.39, 0.29) is 24.3 Å². The van der Waals surface area contributed by atoms with Crippen molar-refractivity contribution in [1.82, 2.24) is 10.2 Å². The largest absolute Gasteiger partial charge is 0.325 e. The van der Waals surface area contributed by atoms with Crippen LogP contribution in [0.25, 0.3) is 0 Å². The highest BCUT2D eigenvalue weighted by Gasteiger charge is 2.55. The van der Waals surface area contributed by atoms with Crippen molar-refractivity contribution >= 4 is 23.5 Å². The fourth-order valence-corrected chi connectivity index (χ4v) is 3.93. The summed E-state index contributed by atoms with van der Waals surface area (Å²) in [4.78, 5) is 38.6. The molecule has 4 amide bonds. The highest BCUT2D eigenvalue weighted by molar-refractivity contribution is 6.10. The van der Waals surface area contributed by atoms with Crippen LogP contribution in [0.2, 0.25) is 0 Å². The second-order valence-corrected chi connectivity index (χ2v) is 7.31. The van der Waals surface area contributed by atoms with E-state index in [0.717, 1.165) is 35.3 Å². The number of urea groups is 1. The molecule has 1 heterocycles. The summed E-state index contributed by atoms with van der Waals surface area (Å²) in [7, 11) is 0. The Morgan fingerprint density at radius 3 is 2.76 bits per heavy atom. The summed E-state index contributed by atoms with van der Waals surface area (Å²) in [5.74, 6) is -0.540. The number of amides is 4. The van der Waals surface area contributed by atoms with Gasteiger partial charge in [0.1, 0.15) is 12.1 Å². The Hall–Kier alpha value is -2.37. The van der Waals surface area contributed by atoms with Crippen molar-refractivity contribution in [3.05, 3.63) is 29.3 Å². The molecular formula is C19H25N3O3. The number of hydrogen-bond donors (Lipinski definition) is 2. The second kappa shape index (κ2) is 6.50. The molecule has 6 heteroatoms. The molecule has 2 aliphatic rings. The van der Waals surface area contributed by atoms with E-state index >= 15 is 0 Å². The molecular weight excluding hydrogens is 318 g/mol. The van der Waals surface area contributed by atoms with Crippen LogP contribution in [-0.4, -0.2) is 34.8 Å². The van der Waals surface area contributed by atoms with E-state index in [1.165, 1.54) is 0 Å². The lowest BCUT2D eigenvalue weighted by molar-refractivity contribution is -0.136. The van der Waals surface area contributed by atoms with Gasteiger partial charge < -0.3 is 10.6 Å². The Morgan fingerprint density at radius 2 is 2.08 bits per heavy atom. The molecule has 25 heavy (non-hydrogen) atoms. The molecule has 0 aromatic heterocycles. The van der Waals surface area contributed by atoms with Gasteiger partial charge in [-0.1, -0.05) is 37.5 Å². The summed E-state index contributed by atoms with van der Waals surface area (Å²) in [6.45, 7) is 5.63. The molecule has 1 aliphatic heterocycles. The molecule has 134 valence electrons. The standard InChI is InChI=1S/C19H25N3O3/c1-12-7-8-15(13(2)10-12)20-16(23)11-22-17(24)19(21-18(22)25)9-5-4-6-14(19)3/h7-8,10,14H,4-6,9,11H2,1-3H3,(H,20,23)(H,21,25)/t14-,19+/m1/s1. The van der Waals surface area contributed by atoms with Gasteiger partial charge in [0, 0.05) is 5.69 Å². The molecule has 2 fully saturated rings. The number of rotatable bonds is 3. The highest BCUT2D eigenvalue weighted by Crippen LogP contribution is 2.38. The topological polar surface area (TPSA) is 78.5 Å². The Morgan fingerprint density at radius 1 is 1.32 bits per heavy atom. The van der Waals surface area contributed by atoms with Gasteiger partial charge in [-0.25, -0.2) is 4.79 Å². The third-order valence-corrected chi connectivity index (χ3v) is 5.46. The minimum absolute atomic E-state index is 0.0881. The number of carbonyl (C=O) groups is 3. The van der Waals surface area contributed by atoms with E-state index < -0.39 is 11.6 Å². The van der Waals surface area contributed by atoms with Crippen molar-refractivity contribution in [2.45, 2.75) is 52.0 Å². The summed E-state index contributed by atoms with van der Waals surface area (Å²) in [5, 5.41) is 5.66. The predicted octanol–water partition coefficient (Wildman–Crippen LogP) is 2.74. The first-order valence-electron chi connectivity index (χ1n) is 8.85. The van der Waals surface area contributed by atoms with E-state index in [2.05, 4.69) is 10.6 Å². The van der Waals surface area contributed by atoms with Crippen LogP contribution in [-0.2, 0) is 9.59 Å². The Kier molecular flexibility index (Phi) is 4.54. The summed E-state index contributed by atoms with van der Waals surface area (Å²) in [5.41, 5.74) is 1.93. The van der Waals surface area contributed by atoms with Crippen LogP contribution >= 0.6 is 0 Å². The number of hydrogen-bond acceptors (Lipinski definition) is 3. The Balaban J connectivity index is 1.71. The zero-order valence-electron chi connectivity index (χ0n) is 15.0. The minimum Gasteiger partial charge on any atom is -0.324 e. The molecule has 1 spiro atoms. The van der Waals surface area contributed by atoms with E-state index in [1.807, 2.05) is 39.0 Å². The van der Waals surface area contributed by atoms with E-state index in [4.69, 9.17) is 0 Å². The number of carbonyl (C=O) groups excluding carboxylic acids is 3. The molecule has 0 bridgehead atoms. The summed E-state index contributed by atoms with van der Waals surface area (Å²) in [6, 6.07) is 5.26. The van der Waals surface area contributed by atoms with Crippen LogP contribution in [0.3, 0.4) is 0 Å². The fourth-order valence-electron chi connectivity index (χ4n) is 3.93. The maximum Gasteiger partial charge on any atom is 0.325 e. The van der Waals surface area contributed by atoms with Crippen molar-refractivity contribution in [3.63, 3.8) is 0 Å². The molecule has 3 rings (SSSR count). The van der Waals surface area contributed by atoms with Gasteiger partial charge in [-0.3, -0.25) is 14.5 Å². The first kappa shape index (κ1) is 17.5. The molecule has 2 N–H and O–H groups in total. The lowest BCUT2D eigenvalue weighted by atomic mass is 9.73. The van der Waals surface area contributed by atoms with Crippen LogP contribution in [0.1, 0.15) is 43.7 Å². The van der Waals surface area contributed by atoms with Gasteiger partial charge in [0.15, 0.2) is 0 Å². The van der Waals surface area contributed by atoms with Crippen molar-refractivity contribution in [1.29, 1.82) is 0 Å². The van der Waals surface area contributed by atoms with E-state index in [9.17, 15) is 14.4 Å². The zero-order valence-corrected chi connectivity index (χ0v) is 15.0.